The van der Waals surface area contributed by atoms with Crippen LogP contribution in [0.3, 0.4) is 0 Å². The SMILES string of the molecule is C=C(C)[C@@H](/C=C/[C@@H](C)[C@H]1CC[C@H]2[C@@H]3CC[C@H]4C[C@@H](O)CC[C@]4(C)[C@H]3CC[C@]12C)CC. The van der Waals surface area contributed by atoms with E-state index in [1.165, 1.54) is 56.9 Å². The summed E-state index contributed by atoms with van der Waals surface area (Å²) in [6.45, 7) is 16.4. The summed E-state index contributed by atoms with van der Waals surface area (Å²) in [7, 11) is 0. The van der Waals surface area contributed by atoms with Crippen molar-refractivity contribution in [1.29, 1.82) is 0 Å². The van der Waals surface area contributed by atoms with Gasteiger partial charge >= 0.3 is 0 Å². The standard InChI is InChI=1S/C29H48O/c1-7-21(19(2)3)9-8-20(4)25-12-13-26-24-11-10-22-18-23(30)14-16-28(22,5)27(24)15-17-29(25,26)6/h8-9,20-27,30H,2,7,10-18H2,1,3-6H3/b9-8+/t20-,21-,22+,23+,24+,25-,26+,27+,28+,29-/m1/s1. The molecule has 4 fully saturated rings. The zero-order chi connectivity index (χ0) is 21.7. The summed E-state index contributed by atoms with van der Waals surface area (Å²) in [5.74, 6) is 5.65. The van der Waals surface area contributed by atoms with Crippen molar-refractivity contribution < 1.29 is 5.11 Å². The van der Waals surface area contributed by atoms with Crippen molar-refractivity contribution in [1.82, 2.24) is 0 Å². The highest BCUT2D eigenvalue weighted by atomic mass is 16.3. The van der Waals surface area contributed by atoms with Crippen LogP contribution in [0.5, 0.6) is 0 Å². The fourth-order valence-corrected chi connectivity index (χ4v) is 9.23. The Hall–Kier alpha value is -0.560. The molecule has 0 aromatic rings. The molecule has 4 aliphatic carbocycles. The zero-order valence-electron chi connectivity index (χ0n) is 20.5. The van der Waals surface area contributed by atoms with E-state index in [0.717, 1.165) is 42.4 Å². The number of hydrogen-bond acceptors (Lipinski definition) is 1. The van der Waals surface area contributed by atoms with Crippen molar-refractivity contribution >= 4 is 0 Å². The Morgan fingerprint density at radius 3 is 2.40 bits per heavy atom. The average Bonchev–Trinajstić information content (AvgIpc) is 3.06. The van der Waals surface area contributed by atoms with Crippen LogP contribution in [-0.2, 0) is 0 Å². The van der Waals surface area contributed by atoms with Crippen LogP contribution in [0.1, 0.15) is 98.8 Å². The van der Waals surface area contributed by atoms with Gasteiger partial charge in [-0.3, -0.25) is 0 Å². The van der Waals surface area contributed by atoms with Crippen molar-refractivity contribution in [3.63, 3.8) is 0 Å². The first-order valence-corrected chi connectivity index (χ1v) is 13.2. The van der Waals surface area contributed by atoms with Crippen LogP contribution in [0.15, 0.2) is 24.3 Å². The van der Waals surface area contributed by atoms with Crippen LogP contribution in [0.25, 0.3) is 0 Å². The van der Waals surface area contributed by atoms with Gasteiger partial charge in [-0.2, -0.15) is 0 Å². The molecule has 0 aromatic heterocycles. The first-order chi connectivity index (χ1) is 14.2. The average molecular weight is 413 g/mol. The Labute approximate surface area is 186 Å². The summed E-state index contributed by atoms with van der Waals surface area (Å²) in [5.41, 5.74) is 2.34. The lowest BCUT2D eigenvalue weighted by Gasteiger charge is -2.61. The molecule has 0 unspecified atom stereocenters. The van der Waals surface area contributed by atoms with Crippen LogP contribution >= 0.6 is 0 Å². The fraction of sp³-hybridized carbons (Fsp3) is 0.862. The van der Waals surface area contributed by atoms with E-state index >= 15 is 0 Å². The first kappa shape index (κ1) is 22.6. The van der Waals surface area contributed by atoms with Gasteiger partial charge in [0.2, 0.25) is 0 Å². The fourth-order valence-electron chi connectivity index (χ4n) is 9.23. The Kier molecular flexibility index (Phi) is 6.35. The molecule has 0 bridgehead atoms. The summed E-state index contributed by atoms with van der Waals surface area (Å²) in [6, 6.07) is 0. The molecule has 170 valence electrons. The van der Waals surface area contributed by atoms with E-state index in [9.17, 15) is 5.11 Å². The third-order valence-electron chi connectivity index (χ3n) is 11.1. The van der Waals surface area contributed by atoms with Gasteiger partial charge in [0.25, 0.3) is 0 Å². The van der Waals surface area contributed by atoms with Gasteiger partial charge in [-0.1, -0.05) is 52.0 Å². The van der Waals surface area contributed by atoms with Crippen molar-refractivity contribution in [2.45, 2.75) is 105 Å². The molecule has 4 rings (SSSR count). The van der Waals surface area contributed by atoms with Crippen LogP contribution in [0, 0.1) is 52.3 Å². The van der Waals surface area contributed by atoms with Gasteiger partial charge in [0.05, 0.1) is 6.10 Å². The molecule has 0 heterocycles. The van der Waals surface area contributed by atoms with E-state index < -0.39 is 0 Å². The molecule has 0 saturated heterocycles. The van der Waals surface area contributed by atoms with E-state index in [2.05, 4.69) is 53.3 Å². The second-order valence-electron chi connectivity index (χ2n) is 12.4. The van der Waals surface area contributed by atoms with Crippen molar-refractivity contribution in [3.8, 4) is 0 Å². The molecule has 0 aliphatic heterocycles. The number of rotatable bonds is 5. The molecule has 0 aromatic carbocycles. The van der Waals surface area contributed by atoms with E-state index in [1.807, 2.05) is 0 Å². The van der Waals surface area contributed by atoms with E-state index in [-0.39, 0.29) is 6.10 Å². The van der Waals surface area contributed by atoms with Crippen LogP contribution < -0.4 is 0 Å². The third-order valence-corrected chi connectivity index (χ3v) is 11.1. The predicted molar refractivity (Wildman–Crippen MR) is 128 cm³/mol. The van der Waals surface area contributed by atoms with Crippen molar-refractivity contribution in [2.75, 3.05) is 0 Å². The molecule has 0 radical (unpaired) electrons. The maximum absolute atomic E-state index is 10.3. The number of aliphatic hydroxyl groups excluding tert-OH is 1. The van der Waals surface area contributed by atoms with Gasteiger partial charge in [-0.05, 0) is 123 Å². The van der Waals surface area contributed by atoms with Gasteiger partial charge in [0.15, 0.2) is 0 Å². The predicted octanol–water partition coefficient (Wildman–Crippen LogP) is 7.80. The maximum Gasteiger partial charge on any atom is 0.0543 e. The lowest BCUT2D eigenvalue weighted by atomic mass is 9.44. The van der Waals surface area contributed by atoms with E-state index in [4.69, 9.17) is 0 Å². The second kappa shape index (κ2) is 8.42. The van der Waals surface area contributed by atoms with Crippen LogP contribution in [0.4, 0.5) is 0 Å². The molecule has 4 saturated carbocycles. The largest absolute Gasteiger partial charge is 0.393 e. The summed E-state index contributed by atoms with van der Waals surface area (Å²) in [4.78, 5) is 0. The number of aliphatic hydroxyl groups is 1. The molecule has 1 heteroatoms. The molecule has 1 nitrogen and oxygen atoms in total. The third kappa shape index (κ3) is 3.66. The number of allylic oxidation sites excluding steroid dienone is 3. The molecular formula is C29H48O. The minimum atomic E-state index is -0.0249. The molecule has 4 aliphatic rings. The minimum Gasteiger partial charge on any atom is -0.393 e. The molecule has 10 atom stereocenters. The Balaban J connectivity index is 1.50. The summed E-state index contributed by atoms with van der Waals surface area (Å²) in [6.07, 6.45) is 18.1. The zero-order valence-corrected chi connectivity index (χ0v) is 20.5. The number of hydrogen-bond donors (Lipinski definition) is 1. The summed E-state index contributed by atoms with van der Waals surface area (Å²) < 4.78 is 0. The molecule has 0 amide bonds. The minimum absolute atomic E-state index is 0.0249. The smallest absolute Gasteiger partial charge is 0.0543 e. The Bertz CT molecular complexity index is 663. The van der Waals surface area contributed by atoms with Gasteiger partial charge < -0.3 is 5.11 Å². The quantitative estimate of drug-likeness (QED) is 0.457. The summed E-state index contributed by atoms with van der Waals surface area (Å²) >= 11 is 0. The normalized spacial score (nSPS) is 47.9. The summed E-state index contributed by atoms with van der Waals surface area (Å²) in [5, 5.41) is 10.3. The first-order valence-electron chi connectivity index (χ1n) is 13.2. The topological polar surface area (TPSA) is 20.2 Å². The molecule has 1 N–H and O–H groups in total. The maximum atomic E-state index is 10.3. The number of fused-ring (bicyclic) bond motifs is 5. The van der Waals surface area contributed by atoms with E-state index in [1.54, 1.807) is 0 Å². The van der Waals surface area contributed by atoms with Crippen molar-refractivity contribution in [3.05, 3.63) is 24.3 Å². The van der Waals surface area contributed by atoms with Gasteiger partial charge in [-0.15, -0.1) is 0 Å². The Morgan fingerprint density at radius 1 is 1.00 bits per heavy atom. The lowest BCUT2D eigenvalue weighted by molar-refractivity contribution is -0.128. The van der Waals surface area contributed by atoms with Crippen LogP contribution in [0.2, 0.25) is 0 Å². The monoisotopic (exact) mass is 412 g/mol. The molecule has 0 spiro atoms. The molecular weight excluding hydrogens is 364 g/mol. The highest BCUT2D eigenvalue weighted by Gasteiger charge is 2.60. The van der Waals surface area contributed by atoms with Crippen molar-refractivity contribution in [2.24, 2.45) is 52.3 Å². The van der Waals surface area contributed by atoms with E-state index in [0.29, 0.717) is 22.7 Å². The highest BCUT2D eigenvalue weighted by molar-refractivity contribution is 5.13. The van der Waals surface area contributed by atoms with Gasteiger partial charge in [0.1, 0.15) is 0 Å². The van der Waals surface area contributed by atoms with Gasteiger partial charge in [-0.25, -0.2) is 0 Å². The highest BCUT2D eigenvalue weighted by Crippen LogP contribution is 2.68. The Morgan fingerprint density at radius 2 is 1.70 bits per heavy atom. The lowest BCUT2D eigenvalue weighted by Crippen LogP contribution is -2.54. The van der Waals surface area contributed by atoms with Gasteiger partial charge in [0, 0.05) is 0 Å². The second-order valence-corrected chi connectivity index (χ2v) is 12.4. The molecule has 30 heavy (non-hydrogen) atoms. The van der Waals surface area contributed by atoms with Crippen LogP contribution in [-0.4, -0.2) is 11.2 Å².